The lowest BCUT2D eigenvalue weighted by molar-refractivity contribution is 0.0469. The van der Waals surface area contributed by atoms with Crippen LogP contribution in [0.4, 0.5) is 0 Å². The standard InChI is InChI=1S/C21H18ClNO5/c22-15-4-1-3-13(9-15)12-28-21(26)14-6-7-17-18(10-14)20(25)23(19(17)24)11-16-5-2-8-27-16/h1,3-4,6-7,9-10,16H,2,5,8,11-12H2. The summed E-state index contributed by atoms with van der Waals surface area (Å²) < 4.78 is 10.8. The van der Waals surface area contributed by atoms with Gasteiger partial charge in [0, 0.05) is 11.6 Å². The third-order valence-electron chi connectivity index (χ3n) is 4.88. The molecule has 0 N–H and O–H groups in total. The monoisotopic (exact) mass is 399 g/mol. The molecule has 28 heavy (non-hydrogen) atoms. The van der Waals surface area contributed by atoms with Crippen LogP contribution >= 0.6 is 11.6 Å². The first-order valence-electron chi connectivity index (χ1n) is 9.06. The summed E-state index contributed by atoms with van der Waals surface area (Å²) >= 11 is 5.92. The third kappa shape index (κ3) is 3.66. The van der Waals surface area contributed by atoms with E-state index in [1.165, 1.54) is 23.1 Å². The van der Waals surface area contributed by atoms with Gasteiger partial charge in [0.15, 0.2) is 0 Å². The zero-order valence-electron chi connectivity index (χ0n) is 15.0. The number of imide groups is 1. The Morgan fingerprint density at radius 1 is 1.14 bits per heavy atom. The van der Waals surface area contributed by atoms with E-state index in [4.69, 9.17) is 21.1 Å². The van der Waals surface area contributed by atoms with Crippen LogP contribution in [0.3, 0.4) is 0 Å². The zero-order chi connectivity index (χ0) is 19.7. The Balaban J connectivity index is 1.47. The Hall–Kier alpha value is -2.70. The third-order valence-corrected chi connectivity index (χ3v) is 5.11. The van der Waals surface area contributed by atoms with Crippen molar-refractivity contribution >= 4 is 29.4 Å². The summed E-state index contributed by atoms with van der Waals surface area (Å²) in [7, 11) is 0. The largest absolute Gasteiger partial charge is 0.457 e. The lowest BCUT2D eigenvalue weighted by atomic mass is 10.1. The maximum Gasteiger partial charge on any atom is 0.338 e. The van der Waals surface area contributed by atoms with Gasteiger partial charge in [-0.05, 0) is 48.7 Å². The summed E-state index contributed by atoms with van der Waals surface area (Å²) in [5, 5.41) is 0.557. The van der Waals surface area contributed by atoms with Gasteiger partial charge >= 0.3 is 5.97 Å². The molecule has 1 unspecified atom stereocenters. The molecule has 0 spiro atoms. The Kier molecular flexibility index (Phi) is 5.15. The van der Waals surface area contributed by atoms with Crippen molar-refractivity contribution in [2.45, 2.75) is 25.6 Å². The number of carbonyl (C=O) groups excluding carboxylic acids is 3. The van der Waals surface area contributed by atoms with Crippen LogP contribution in [0, 0.1) is 0 Å². The number of esters is 1. The molecule has 0 radical (unpaired) electrons. The molecule has 0 aromatic heterocycles. The van der Waals surface area contributed by atoms with Gasteiger partial charge in [0.2, 0.25) is 0 Å². The molecule has 1 atom stereocenters. The smallest absolute Gasteiger partial charge is 0.338 e. The van der Waals surface area contributed by atoms with Crippen LogP contribution in [0.5, 0.6) is 0 Å². The van der Waals surface area contributed by atoms with Crippen molar-refractivity contribution in [3.05, 3.63) is 69.7 Å². The summed E-state index contributed by atoms with van der Waals surface area (Å²) in [6.45, 7) is 0.950. The Labute approximate surface area is 167 Å². The van der Waals surface area contributed by atoms with Crippen molar-refractivity contribution in [1.82, 2.24) is 4.90 Å². The van der Waals surface area contributed by atoms with Gasteiger partial charge in [-0.1, -0.05) is 23.7 Å². The van der Waals surface area contributed by atoms with Crippen molar-refractivity contribution in [2.24, 2.45) is 0 Å². The molecular formula is C21H18ClNO5. The van der Waals surface area contributed by atoms with Crippen LogP contribution in [0.1, 0.15) is 49.5 Å². The number of hydrogen-bond donors (Lipinski definition) is 0. The highest BCUT2D eigenvalue weighted by Gasteiger charge is 2.38. The van der Waals surface area contributed by atoms with Crippen molar-refractivity contribution in [3.63, 3.8) is 0 Å². The van der Waals surface area contributed by atoms with Gasteiger partial charge in [-0.25, -0.2) is 4.79 Å². The van der Waals surface area contributed by atoms with Gasteiger partial charge in [0.1, 0.15) is 6.61 Å². The van der Waals surface area contributed by atoms with Crippen LogP contribution in [0.15, 0.2) is 42.5 Å². The van der Waals surface area contributed by atoms with Crippen LogP contribution in [-0.4, -0.2) is 41.9 Å². The highest BCUT2D eigenvalue weighted by molar-refractivity contribution is 6.30. The van der Waals surface area contributed by atoms with E-state index in [0.717, 1.165) is 18.4 Å². The Bertz CT molecular complexity index is 952. The second-order valence-electron chi connectivity index (χ2n) is 6.82. The van der Waals surface area contributed by atoms with Gasteiger partial charge in [-0.15, -0.1) is 0 Å². The molecule has 0 bridgehead atoms. The van der Waals surface area contributed by atoms with E-state index in [-0.39, 0.29) is 36.3 Å². The van der Waals surface area contributed by atoms with Gasteiger partial charge < -0.3 is 9.47 Å². The first-order valence-corrected chi connectivity index (χ1v) is 9.44. The number of carbonyl (C=O) groups is 3. The van der Waals surface area contributed by atoms with Crippen LogP contribution in [0.25, 0.3) is 0 Å². The average Bonchev–Trinajstić information content (AvgIpc) is 3.29. The molecule has 6 nitrogen and oxygen atoms in total. The van der Waals surface area contributed by atoms with E-state index >= 15 is 0 Å². The number of fused-ring (bicyclic) bond motifs is 1. The minimum absolute atomic E-state index is 0.0640. The lowest BCUT2D eigenvalue weighted by Crippen LogP contribution is -2.36. The lowest BCUT2D eigenvalue weighted by Gasteiger charge is -2.17. The van der Waals surface area contributed by atoms with Crippen LogP contribution in [0.2, 0.25) is 5.02 Å². The fraction of sp³-hybridized carbons (Fsp3) is 0.286. The minimum Gasteiger partial charge on any atom is -0.457 e. The molecule has 2 aromatic carbocycles. The minimum atomic E-state index is -0.569. The quantitative estimate of drug-likeness (QED) is 0.568. The maximum absolute atomic E-state index is 12.7. The van der Waals surface area contributed by atoms with Crippen molar-refractivity contribution in [3.8, 4) is 0 Å². The normalized spacial score (nSPS) is 18.5. The molecule has 1 fully saturated rings. The highest BCUT2D eigenvalue weighted by atomic mass is 35.5. The van der Waals surface area contributed by atoms with E-state index in [2.05, 4.69) is 0 Å². The average molecular weight is 400 g/mol. The fourth-order valence-corrected chi connectivity index (χ4v) is 3.65. The van der Waals surface area contributed by atoms with Gasteiger partial charge in [0.05, 0.1) is 29.3 Å². The molecule has 2 aliphatic rings. The first-order chi connectivity index (χ1) is 13.5. The highest BCUT2D eigenvalue weighted by Crippen LogP contribution is 2.26. The van der Waals surface area contributed by atoms with Crippen molar-refractivity contribution < 1.29 is 23.9 Å². The second kappa shape index (κ2) is 7.73. The molecule has 144 valence electrons. The molecule has 4 rings (SSSR count). The summed E-state index contributed by atoms with van der Waals surface area (Å²) in [4.78, 5) is 38.8. The second-order valence-corrected chi connectivity index (χ2v) is 7.26. The van der Waals surface area contributed by atoms with Crippen LogP contribution < -0.4 is 0 Å². The first kappa shape index (κ1) is 18.7. The summed E-state index contributed by atoms with van der Waals surface area (Å²) in [5.74, 6) is -1.32. The maximum atomic E-state index is 12.7. The number of halogens is 1. The number of rotatable bonds is 5. The predicted octanol–water partition coefficient (Wildman–Crippen LogP) is 3.47. The summed E-state index contributed by atoms with van der Waals surface area (Å²) in [5.41, 5.74) is 1.51. The molecule has 0 saturated carbocycles. The van der Waals surface area contributed by atoms with E-state index < -0.39 is 11.9 Å². The fourth-order valence-electron chi connectivity index (χ4n) is 3.43. The molecule has 2 aliphatic heterocycles. The number of ether oxygens (including phenoxy) is 2. The number of benzene rings is 2. The SMILES string of the molecule is O=C(OCc1cccc(Cl)c1)c1ccc2c(c1)C(=O)N(CC1CCCO1)C2=O. The van der Waals surface area contributed by atoms with Crippen molar-refractivity contribution in [1.29, 1.82) is 0 Å². The van der Waals surface area contributed by atoms with Gasteiger partial charge in [0.25, 0.3) is 11.8 Å². The van der Waals surface area contributed by atoms with Gasteiger partial charge in [-0.2, -0.15) is 0 Å². The number of hydrogen-bond acceptors (Lipinski definition) is 5. The predicted molar refractivity (Wildman–Crippen MR) is 101 cm³/mol. The molecule has 2 heterocycles. The Morgan fingerprint density at radius 3 is 2.71 bits per heavy atom. The Morgan fingerprint density at radius 2 is 1.96 bits per heavy atom. The van der Waals surface area contributed by atoms with Gasteiger partial charge in [-0.3, -0.25) is 14.5 Å². The van der Waals surface area contributed by atoms with E-state index in [9.17, 15) is 14.4 Å². The molecule has 7 heteroatoms. The zero-order valence-corrected chi connectivity index (χ0v) is 15.8. The van der Waals surface area contributed by atoms with Crippen molar-refractivity contribution in [2.75, 3.05) is 13.2 Å². The van der Waals surface area contributed by atoms with Crippen LogP contribution in [-0.2, 0) is 16.1 Å². The summed E-state index contributed by atoms with van der Waals surface area (Å²) in [6, 6.07) is 11.4. The topological polar surface area (TPSA) is 72.9 Å². The number of amides is 2. The molecule has 2 aromatic rings. The van der Waals surface area contributed by atoms with E-state index in [0.29, 0.717) is 17.2 Å². The molecule has 0 aliphatic carbocycles. The van der Waals surface area contributed by atoms with E-state index in [1.54, 1.807) is 24.3 Å². The number of nitrogens with zero attached hydrogens (tertiary/aromatic N) is 1. The molecular weight excluding hydrogens is 382 g/mol. The molecule has 2 amide bonds. The van der Waals surface area contributed by atoms with E-state index in [1.807, 2.05) is 0 Å². The molecule has 1 saturated heterocycles. The summed E-state index contributed by atoms with van der Waals surface area (Å²) in [6.07, 6.45) is 1.63.